The predicted octanol–water partition coefficient (Wildman–Crippen LogP) is 4.24. The lowest BCUT2D eigenvalue weighted by atomic mass is 10.0. The van der Waals surface area contributed by atoms with Crippen molar-refractivity contribution in [2.45, 2.75) is 26.3 Å². The average molecular weight is 374 g/mol. The summed E-state index contributed by atoms with van der Waals surface area (Å²) in [6.07, 6.45) is 2.29. The van der Waals surface area contributed by atoms with Crippen LogP contribution in [0.1, 0.15) is 35.5 Å². The van der Waals surface area contributed by atoms with Gasteiger partial charge >= 0.3 is 0 Å². The topological polar surface area (TPSA) is 71.3 Å². The van der Waals surface area contributed by atoms with Gasteiger partial charge in [0.05, 0.1) is 6.26 Å². The maximum Gasteiger partial charge on any atom is 0.287 e. The molecule has 2 N–H and O–H groups in total. The number of anilines is 1. The third-order valence-electron chi connectivity index (χ3n) is 5.04. The monoisotopic (exact) mass is 374 g/mol. The van der Waals surface area contributed by atoms with Gasteiger partial charge in [-0.15, -0.1) is 0 Å². The molecule has 1 aliphatic carbocycles. The standard InChI is InChI=1S/C23H22N2O3/c1-14(2)21(25-22(26)20-8-5-11-28-20)23(27)24-17-9-10-19-16(13-17)12-15-6-3-4-7-18(15)19/h3-11,13-14,21H,12H2,1-2H3,(H,24,27)(H,25,26). The first-order valence-electron chi connectivity index (χ1n) is 9.39. The van der Waals surface area contributed by atoms with Gasteiger partial charge in [0.1, 0.15) is 6.04 Å². The van der Waals surface area contributed by atoms with Gasteiger partial charge in [0.15, 0.2) is 5.76 Å². The zero-order valence-electron chi connectivity index (χ0n) is 15.9. The lowest BCUT2D eigenvalue weighted by Crippen LogP contribution is -2.47. The van der Waals surface area contributed by atoms with Crippen molar-refractivity contribution in [3.63, 3.8) is 0 Å². The summed E-state index contributed by atoms with van der Waals surface area (Å²) in [5, 5.41) is 5.71. The van der Waals surface area contributed by atoms with Crippen molar-refractivity contribution >= 4 is 17.5 Å². The van der Waals surface area contributed by atoms with E-state index < -0.39 is 11.9 Å². The summed E-state index contributed by atoms with van der Waals surface area (Å²) in [5.74, 6) is -0.528. The number of amides is 2. The zero-order chi connectivity index (χ0) is 19.7. The highest BCUT2D eigenvalue weighted by Crippen LogP contribution is 2.37. The second-order valence-electron chi connectivity index (χ2n) is 7.37. The van der Waals surface area contributed by atoms with E-state index in [9.17, 15) is 9.59 Å². The maximum absolute atomic E-state index is 12.8. The van der Waals surface area contributed by atoms with Crippen molar-refractivity contribution < 1.29 is 14.0 Å². The summed E-state index contributed by atoms with van der Waals surface area (Å²) in [5.41, 5.74) is 5.68. The molecule has 1 atom stereocenters. The summed E-state index contributed by atoms with van der Waals surface area (Å²) in [6, 6.07) is 16.9. The Bertz CT molecular complexity index is 1020. The number of benzene rings is 2. The molecule has 0 bridgehead atoms. The number of rotatable bonds is 5. The SMILES string of the molecule is CC(C)C(NC(=O)c1ccco1)C(=O)Nc1ccc2c(c1)Cc1ccccc1-2. The van der Waals surface area contributed by atoms with Crippen LogP contribution in [0.3, 0.4) is 0 Å². The van der Waals surface area contributed by atoms with Gasteiger partial charge in [0.25, 0.3) is 5.91 Å². The van der Waals surface area contributed by atoms with Crippen molar-refractivity contribution in [2.24, 2.45) is 5.92 Å². The Morgan fingerprint density at radius 3 is 2.50 bits per heavy atom. The van der Waals surface area contributed by atoms with Crippen LogP contribution < -0.4 is 10.6 Å². The Hall–Kier alpha value is -3.34. The van der Waals surface area contributed by atoms with Crippen LogP contribution in [0.25, 0.3) is 11.1 Å². The van der Waals surface area contributed by atoms with Crippen LogP contribution in [0.15, 0.2) is 65.3 Å². The van der Waals surface area contributed by atoms with Gasteiger partial charge in [0.2, 0.25) is 5.91 Å². The van der Waals surface area contributed by atoms with Crippen LogP contribution in [0.2, 0.25) is 0 Å². The van der Waals surface area contributed by atoms with Crippen molar-refractivity contribution in [3.05, 3.63) is 77.7 Å². The highest BCUT2D eigenvalue weighted by Gasteiger charge is 2.26. The molecule has 0 radical (unpaired) electrons. The van der Waals surface area contributed by atoms with Gasteiger partial charge < -0.3 is 15.1 Å². The van der Waals surface area contributed by atoms with E-state index in [-0.39, 0.29) is 17.6 Å². The lowest BCUT2D eigenvalue weighted by Gasteiger charge is -2.21. The molecule has 0 spiro atoms. The third kappa shape index (κ3) is 3.43. The molecule has 0 saturated heterocycles. The summed E-state index contributed by atoms with van der Waals surface area (Å²) in [7, 11) is 0. The summed E-state index contributed by atoms with van der Waals surface area (Å²) in [4.78, 5) is 25.1. The van der Waals surface area contributed by atoms with Crippen LogP contribution in [0.4, 0.5) is 5.69 Å². The molecule has 2 aromatic carbocycles. The fourth-order valence-electron chi connectivity index (χ4n) is 3.60. The minimum atomic E-state index is -0.664. The molecule has 0 fully saturated rings. The summed E-state index contributed by atoms with van der Waals surface area (Å²) >= 11 is 0. The van der Waals surface area contributed by atoms with E-state index in [0.29, 0.717) is 0 Å². The second kappa shape index (κ2) is 7.35. The predicted molar refractivity (Wildman–Crippen MR) is 108 cm³/mol. The Labute approximate surface area is 163 Å². The molecule has 0 saturated carbocycles. The Morgan fingerprint density at radius 1 is 0.964 bits per heavy atom. The summed E-state index contributed by atoms with van der Waals surface area (Å²) in [6.45, 7) is 3.79. The average Bonchev–Trinajstić information content (AvgIpc) is 3.33. The fourth-order valence-corrected chi connectivity index (χ4v) is 3.60. The van der Waals surface area contributed by atoms with Gasteiger partial charge in [-0.2, -0.15) is 0 Å². The Balaban J connectivity index is 1.49. The van der Waals surface area contributed by atoms with Gasteiger partial charge in [0, 0.05) is 5.69 Å². The Morgan fingerprint density at radius 2 is 1.75 bits per heavy atom. The minimum absolute atomic E-state index is 0.0717. The van der Waals surface area contributed by atoms with E-state index >= 15 is 0 Å². The van der Waals surface area contributed by atoms with Crippen LogP contribution in [0.5, 0.6) is 0 Å². The maximum atomic E-state index is 12.8. The molecule has 4 rings (SSSR count). The van der Waals surface area contributed by atoms with E-state index in [0.717, 1.165) is 12.1 Å². The zero-order valence-corrected chi connectivity index (χ0v) is 15.9. The number of hydrogen-bond acceptors (Lipinski definition) is 3. The molecule has 3 aromatic rings. The van der Waals surface area contributed by atoms with Crippen molar-refractivity contribution in [1.29, 1.82) is 0 Å². The molecule has 2 amide bonds. The van der Waals surface area contributed by atoms with E-state index in [1.807, 2.05) is 44.2 Å². The molecule has 5 heteroatoms. The molecule has 28 heavy (non-hydrogen) atoms. The van der Waals surface area contributed by atoms with Crippen molar-refractivity contribution in [1.82, 2.24) is 5.32 Å². The first-order valence-corrected chi connectivity index (χ1v) is 9.39. The molecule has 5 nitrogen and oxygen atoms in total. The van der Waals surface area contributed by atoms with Gasteiger partial charge in [-0.3, -0.25) is 9.59 Å². The van der Waals surface area contributed by atoms with Crippen LogP contribution in [0, 0.1) is 5.92 Å². The number of fused-ring (bicyclic) bond motifs is 3. The normalized spacial score (nSPS) is 13.0. The van der Waals surface area contributed by atoms with Crippen LogP contribution in [-0.4, -0.2) is 17.9 Å². The van der Waals surface area contributed by atoms with Crippen molar-refractivity contribution in [2.75, 3.05) is 5.32 Å². The molecule has 1 aliphatic rings. The molecule has 0 aliphatic heterocycles. The molecular formula is C23H22N2O3. The number of hydrogen-bond donors (Lipinski definition) is 2. The van der Waals surface area contributed by atoms with E-state index in [4.69, 9.17) is 4.42 Å². The van der Waals surface area contributed by atoms with E-state index in [1.54, 1.807) is 12.1 Å². The molecule has 142 valence electrons. The Kier molecular flexibility index (Phi) is 4.74. The van der Waals surface area contributed by atoms with Crippen molar-refractivity contribution in [3.8, 4) is 11.1 Å². The minimum Gasteiger partial charge on any atom is -0.459 e. The van der Waals surface area contributed by atoms with Crippen LogP contribution >= 0.6 is 0 Å². The molecule has 1 aromatic heterocycles. The highest BCUT2D eigenvalue weighted by atomic mass is 16.3. The van der Waals surface area contributed by atoms with Gasteiger partial charge in [-0.25, -0.2) is 0 Å². The molecule has 1 unspecified atom stereocenters. The summed E-state index contributed by atoms with van der Waals surface area (Å²) < 4.78 is 5.11. The number of nitrogens with one attached hydrogen (secondary N) is 2. The van der Waals surface area contributed by atoms with Crippen LogP contribution in [-0.2, 0) is 11.2 Å². The molecule has 1 heterocycles. The highest BCUT2D eigenvalue weighted by molar-refractivity contribution is 6.00. The number of furan rings is 1. The van der Waals surface area contributed by atoms with Gasteiger partial charge in [-0.1, -0.05) is 44.2 Å². The second-order valence-corrected chi connectivity index (χ2v) is 7.37. The first-order chi connectivity index (χ1) is 13.5. The third-order valence-corrected chi connectivity index (χ3v) is 5.04. The molecular weight excluding hydrogens is 352 g/mol. The van der Waals surface area contributed by atoms with E-state index in [1.165, 1.54) is 28.5 Å². The van der Waals surface area contributed by atoms with E-state index in [2.05, 4.69) is 22.8 Å². The fraction of sp³-hybridized carbons (Fsp3) is 0.217. The number of carbonyl (C=O) groups excluding carboxylic acids is 2. The largest absolute Gasteiger partial charge is 0.459 e. The lowest BCUT2D eigenvalue weighted by molar-refractivity contribution is -0.118. The number of carbonyl (C=O) groups is 2. The quantitative estimate of drug-likeness (QED) is 0.549. The first kappa shape index (κ1) is 18.0. The van der Waals surface area contributed by atoms with Gasteiger partial charge in [-0.05, 0) is 58.9 Å². The smallest absolute Gasteiger partial charge is 0.287 e.